The summed E-state index contributed by atoms with van der Waals surface area (Å²) in [5.41, 5.74) is 1.45. The van der Waals surface area contributed by atoms with E-state index >= 15 is 0 Å². The molecule has 0 saturated carbocycles. The molecule has 0 aliphatic rings. The van der Waals surface area contributed by atoms with Gasteiger partial charge in [-0.05, 0) is 17.0 Å². The second-order valence-electron chi connectivity index (χ2n) is 6.60. The van der Waals surface area contributed by atoms with Crippen LogP contribution < -0.4 is 10.6 Å². The number of benzene rings is 3. The summed E-state index contributed by atoms with van der Waals surface area (Å²) < 4.78 is 5.12. The number of fused-ring (bicyclic) bond motifs is 1. The molecule has 0 spiro atoms. The van der Waals surface area contributed by atoms with E-state index in [0.29, 0.717) is 5.69 Å². The quantitative estimate of drug-likeness (QED) is 0.604. The highest BCUT2D eigenvalue weighted by atomic mass is 16.5. The highest BCUT2D eigenvalue weighted by molar-refractivity contribution is 6.02. The van der Waals surface area contributed by atoms with Crippen molar-refractivity contribution < 1.29 is 19.1 Å². The lowest BCUT2D eigenvalue weighted by Gasteiger charge is -2.17. The number of carbonyl (C=O) groups excluding carboxylic acids is 3. The Kier molecular flexibility index (Phi) is 6.58. The number of nitrogens with one attached hydrogen (secondary N) is 2. The molecule has 0 radical (unpaired) electrons. The highest BCUT2D eigenvalue weighted by Crippen LogP contribution is 2.23. The topological polar surface area (TPSA) is 84.5 Å². The summed E-state index contributed by atoms with van der Waals surface area (Å²) >= 11 is 0. The van der Waals surface area contributed by atoms with Crippen molar-refractivity contribution in [2.24, 2.45) is 0 Å². The lowest BCUT2D eigenvalue weighted by atomic mass is 10.0. The Labute approximate surface area is 168 Å². The average Bonchev–Trinajstić information content (AvgIpc) is 2.72. The number of carbonyl (C=O) groups is 3. The van der Waals surface area contributed by atoms with Gasteiger partial charge in [0.15, 0.2) is 6.61 Å². The average molecular weight is 390 g/mol. The van der Waals surface area contributed by atoms with E-state index in [1.165, 1.54) is 6.92 Å². The molecule has 0 saturated heterocycles. The molecular formula is C23H22N2O4. The summed E-state index contributed by atoms with van der Waals surface area (Å²) in [4.78, 5) is 35.9. The molecule has 3 aromatic carbocycles. The number of rotatable bonds is 7. The molecule has 6 heteroatoms. The number of esters is 1. The van der Waals surface area contributed by atoms with E-state index in [2.05, 4.69) is 10.6 Å². The Morgan fingerprint density at radius 1 is 0.897 bits per heavy atom. The number of anilines is 1. The number of hydrogen-bond donors (Lipinski definition) is 2. The Bertz CT molecular complexity index is 1010. The van der Waals surface area contributed by atoms with Gasteiger partial charge in [-0.25, -0.2) is 0 Å². The van der Waals surface area contributed by atoms with Crippen LogP contribution in [0.3, 0.4) is 0 Å². The van der Waals surface area contributed by atoms with Crippen molar-refractivity contribution in [2.45, 2.75) is 19.4 Å². The van der Waals surface area contributed by atoms with E-state index in [9.17, 15) is 14.4 Å². The van der Waals surface area contributed by atoms with E-state index in [0.717, 1.165) is 16.3 Å². The lowest BCUT2D eigenvalue weighted by Crippen LogP contribution is -2.29. The molecule has 0 unspecified atom stereocenters. The zero-order chi connectivity index (χ0) is 20.6. The zero-order valence-electron chi connectivity index (χ0n) is 16.1. The molecule has 3 rings (SSSR count). The maximum absolute atomic E-state index is 12.2. The third kappa shape index (κ3) is 5.65. The maximum Gasteiger partial charge on any atom is 0.308 e. The molecule has 0 aromatic heterocycles. The van der Waals surface area contributed by atoms with Crippen molar-refractivity contribution in [3.63, 3.8) is 0 Å². The van der Waals surface area contributed by atoms with Crippen molar-refractivity contribution in [1.82, 2.24) is 5.32 Å². The maximum atomic E-state index is 12.2. The summed E-state index contributed by atoms with van der Waals surface area (Å²) in [5, 5.41) is 7.42. The van der Waals surface area contributed by atoms with Crippen LogP contribution in [0.2, 0.25) is 0 Å². The van der Waals surface area contributed by atoms with E-state index in [-0.39, 0.29) is 12.3 Å². The lowest BCUT2D eigenvalue weighted by molar-refractivity contribution is -0.148. The molecule has 0 fully saturated rings. The van der Waals surface area contributed by atoms with Gasteiger partial charge >= 0.3 is 5.97 Å². The molecular weight excluding hydrogens is 368 g/mol. The first-order chi connectivity index (χ1) is 14.0. The highest BCUT2D eigenvalue weighted by Gasteiger charge is 2.19. The summed E-state index contributed by atoms with van der Waals surface area (Å²) in [6.07, 6.45) is -0.0643. The van der Waals surface area contributed by atoms with Crippen LogP contribution in [0.5, 0.6) is 0 Å². The first kappa shape index (κ1) is 20.1. The molecule has 6 nitrogen and oxygen atoms in total. The molecule has 148 valence electrons. The van der Waals surface area contributed by atoms with Gasteiger partial charge in [0.05, 0.1) is 12.5 Å². The fourth-order valence-corrected chi connectivity index (χ4v) is 3.08. The number of ether oxygens (including phenoxy) is 1. The third-order valence-corrected chi connectivity index (χ3v) is 4.38. The predicted octanol–water partition coefficient (Wildman–Crippen LogP) is 3.59. The minimum absolute atomic E-state index is 0.0643. The Hall–Kier alpha value is -3.67. The zero-order valence-corrected chi connectivity index (χ0v) is 16.1. The van der Waals surface area contributed by atoms with Gasteiger partial charge in [0, 0.05) is 18.0 Å². The Balaban J connectivity index is 1.57. The van der Waals surface area contributed by atoms with Crippen molar-refractivity contribution in [1.29, 1.82) is 0 Å². The smallest absolute Gasteiger partial charge is 0.308 e. The standard InChI is InChI=1S/C23H22N2O4/c1-16(26)24-21(18-9-3-2-4-10-18)14-23(28)29-15-22(27)25-20-13-7-11-17-8-5-6-12-19(17)20/h2-13,21H,14-15H2,1H3,(H,24,26)(H,25,27)/t21-/m0/s1. The van der Waals surface area contributed by atoms with Gasteiger partial charge in [0.1, 0.15) is 0 Å². The number of amides is 2. The number of hydrogen-bond acceptors (Lipinski definition) is 4. The van der Waals surface area contributed by atoms with Gasteiger partial charge in [-0.15, -0.1) is 0 Å². The van der Waals surface area contributed by atoms with Crippen molar-refractivity contribution >= 4 is 34.2 Å². The second-order valence-corrected chi connectivity index (χ2v) is 6.60. The minimum atomic E-state index is -0.569. The third-order valence-electron chi connectivity index (χ3n) is 4.38. The van der Waals surface area contributed by atoms with Crippen LogP contribution in [-0.4, -0.2) is 24.4 Å². The van der Waals surface area contributed by atoms with E-state index in [1.807, 2.05) is 66.7 Å². The van der Waals surface area contributed by atoms with Gasteiger partial charge < -0.3 is 15.4 Å². The summed E-state index contributed by atoms with van der Waals surface area (Å²) in [7, 11) is 0. The molecule has 0 bridgehead atoms. The summed E-state index contributed by atoms with van der Waals surface area (Å²) in [6.45, 7) is 0.989. The van der Waals surface area contributed by atoms with Gasteiger partial charge in [-0.3, -0.25) is 14.4 Å². The largest absolute Gasteiger partial charge is 0.455 e. The predicted molar refractivity (Wildman–Crippen MR) is 111 cm³/mol. The Morgan fingerprint density at radius 3 is 2.34 bits per heavy atom. The van der Waals surface area contributed by atoms with Crippen molar-refractivity contribution in [2.75, 3.05) is 11.9 Å². The normalized spacial score (nSPS) is 11.5. The fourth-order valence-electron chi connectivity index (χ4n) is 3.08. The molecule has 29 heavy (non-hydrogen) atoms. The summed E-state index contributed by atoms with van der Waals surface area (Å²) in [6, 6.07) is 21.9. The van der Waals surface area contributed by atoms with Crippen LogP contribution in [0.1, 0.15) is 24.9 Å². The van der Waals surface area contributed by atoms with Gasteiger partial charge in [-0.2, -0.15) is 0 Å². The van der Waals surface area contributed by atoms with Crippen molar-refractivity contribution in [3.8, 4) is 0 Å². The van der Waals surface area contributed by atoms with E-state index in [4.69, 9.17) is 4.74 Å². The SMILES string of the molecule is CC(=O)N[C@@H](CC(=O)OCC(=O)Nc1cccc2ccccc12)c1ccccc1. The van der Waals surface area contributed by atoms with E-state index < -0.39 is 24.5 Å². The first-order valence-corrected chi connectivity index (χ1v) is 9.28. The molecule has 2 N–H and O–H groups in total. The van der Waals surface area contributed by atoms with Crippen LogP contribution in [-0.2, 0) is 19.1 Å². The Morgan fingerprint density at radius 2 is 1.59 bits per heavy atom. The molecule has 1 atom stereocenters. The van der Waals surface area contributed by atoms with E-state index in [1.54, 1.807) is 6.07 Å². The molecule has 3 aromatic rings. The van der Waals surface area contributed by atoms with Gasteiger partial charge in [-0.1, -0.05) is 66.7 Å². The first-order valence-electron chi connectivity index (χ1n) is 9.28. The van der Waals surface area contributed by atoms with Crippen molar-refractivity contribution in [3.05, 3.63) is 78.4 Å². The monoisotopic (exact) mass is 390 g/mol. The van der Waals surface area contributed by atoms with Crippen LogP contribution in [0, 0.1) is 0 Å². The second kappa shape index (κ2) is 9.50. The van der Waals surface area contributed by atoms with Gasteiger partial charge in [0.2, 0.25) is 5.91 Å². The van der Waals surface area contributed by atoms with Crippen LogP contribution in [0.25, 0.3) is 10.8 Å². The molecule has 0 heterocycles. The molecule has 0 aliphatic heterocycles. The molecule has 0 aliphatic carbocycles. The fraction of sp³-hybridized carbons (Fsp3) is 0.174. The van der Waals surface area contributed by atoms with Crippen LogP contribution in [0.4, 0.5) is 5.69 Å². The van der Waals surface area contributed by atoms with Crippen LogP contribution in [0.15, 0.2) is 72.8 Å². The summed E-state index contributed by atoms with van der Waals surface area (Å²) in [5.74, 6) is -1.24. The van der Waals surface area contributed by atoms with Gasteiger partial charge in [0.25, 0.3) is 5.91 Å². The van der Waals surface area contributed by atoms with Crippen LogP contribution >= 0.6 is 0 Å². The molecule has 2 amide bonds. The minimum Gasteiger partial charge on any atom is -0.455 e.